The van der Waals surface area contributed by atoms with Gasteiger partial charge in [-0.2, -0.15) is 0 Å². The third-order valence-corrected chi connectivity index (χ3v) is 3.79. The minimum atomic E-state index is -0.497. The number of hydrogen-bond acceptors (Lipinski definition) is 7. The maximum absolute atomic E-state index is 13.9. The summed E-state index contributed by atoms with van der Waals surface area (Å²) in [5.41, 5.74) is 1.27. The van der Waals surface area contributed by atoms with E-state index in [0.717, 1.165) is 5.56 Å². The van der Waals surface area contributed by atoms with E-state index in [-0.39, 0.29) is 23.5 Å². The number of hydrogen-bond donors (Lipinski definition) is 1. The highest BCUT2D eigenvalue weighted by Gasteiger charge is 2.25. The van der Waals surface area contributed by atoms with Crippen LogP contribution in [0.15, 0.2) is 52.0 Å². The molecule has 7 nitrogen and oxygen atoms in total. The number of aromatic hydroxyl groups is 1. The summed E-state index contributed by atoms with van der Waals surface area (Å²) in [5.74, 6) is 0.844. The number of ether oxygens (including phenoxy) is 1. The van der Waals surface area contributed by atoms with Crippen molar-refractivity contribution in [1.29, 1.82) is 0 Å². The quantitative estimate of drug-likeness (QED) is 0.770. The lowest BCUT2D eigenvalue weighted by Gasteiger charge is -2.08. The number of phenols is 1. The van der Waals surface area contributed by atoms with Gasteiger partial charge in [0.15, 0.2) is 6.10 Å². The minimum Gasteiger partial charge on any atom is -0.508 e. The Morgan fingerprint density at radius 1 is 1.15 bits per heavy atom. The van der Waals surface area contributed by atoms with Gasteiger partial charge in [-0.15, -0.1) is 10.2 Å². The van der Waals surface area contributed by atoms with Crippen LogP contribution in [0.3, 0.4) is 0 Å². The zero-order chi connectivity index (χ0) is 18.1. The molecular weight excluding hydrogens is 341 g/mol. The van der Waals surface area contributed by atoms with Crippen LogP contribution in [0.1, 0.15) is 24.0 Å². The summed E-state index contributed by atoms with van der Waals surface area (Å²) >= 11 is 0. The third-order valence-electron chi connectivity index (χ3n) is 3.79. The van der Waals surface area contributed by atoms with E-state index in [0.29, 0.717) is 23.8 Å². The van der Waals surface area contributed by atoms with Gasteiger partial charge in [-0.05, 0) is 29.8 Å². The van der Waals surface area contributed by atoms with Crippen LogP contribution >= 0.6 is 0 Å². The first-order chi connectivity index (χ1) is 12.6. The number of phenolic OH excluding ortho intramolecular Hbond substituents is 1. The smallest absolute Gasteiger partial charge is 0.247 e. The van der Waals surface area contributed by atoms with E-state index in [1.54, 1.807) is 37.3 Å². The fourth-order valence-electron chi connectivity index (χ4n) is 2.58. The summed E-state index contributed by atoms with van der Waals surface area (Å²) in [6.45, 7) is 1.65. The maximum atomic E-state index is 13.9. The van der Waals surface area contributed by atoms with Gasteiger partial charge >= 0.3 is 0 Å². The van der Waals surface area contributed by atoms with Crippen molar-refractivity contribution in [3.8, 4) is 23.0 Å². The lowest BCUT2D eigenvalue weighted by atomic mass is 10.1. The van der Waals surface area contributed by atoms with Gasteiger partial charge in [-0.25, -0.2) is 4.39 Å². The molecule has 1 aromatic heterocycles. The predicted octanol–water partition coefficient (Wildman–Crippen LogP) is 3.74. The normalized spacial score (nSPS) is 16.2. The fourth-order valence-corrected chi connectivity index (χ4v) is 2.58. The van der Waals surface area contributed by atoms with Gasteiger partial charge in [0.1, 0.15) is 17.3 Å². The molecule has 1 N–H and O–H groups in total. The Balaban J connectivity index is 1.49. The first-order valence-electron chi connectivity index (χ1n) is 7.87. The van der Waals surface area contributed by atoms with Crippen LogP contribution in [0.2, 0.25) is 0 Å². The van der Waals surface area contributed by atoms with Gasteiger partial charge in [0.05, 0.1) is 6.42 Å². The SMILES string of the molecule is Cc1nnc(-c2cc(F)cc(OC3=NO[C@H](c4ccc(O)cc4)C3)c2)o1. The second-order valence-corrected chi connectivity index (χ2v) is 5.78. The number of nitrogens with zero attached hydrogens (tertiary/aromatic N) is 3. The largest absolute Gasteiger partial charge is 0.508 e. The monoisotopic (exact) mass is 355 g/mol. The summed E-state index contributed by atoms with van der Waals surface area (Å²) in [5, 5.41) is 20.9. The molecule has 1 aliphatic rings. The Morgan fingerprint density at radius 2 is 1.96 bits per heavy atom. The molecule has 0 unspecified atom stereocenters. The zero-order valence-electron chi connectivity index (χ0n) is 13.7. The number of rotatable bonds is 3. The number of aryl methyl sites for hydroxylation is 1. The van der Waals surface area contributed by atoms with Crippen LogP contribution in [-0.2, 0) is 4.84 Å². The van der Waals surface area contributed by atoms with Crippen molar-refractivity contribution >= 4 is 5.90 Å². The molecule has 3 aromatic rings. The second kappa shape index (κ2) is 6.47. The van der Waals surface area contributed by atoms with Crippen molar-refractivity contribution in [3.05, 3.63) is 59.7 Å². The average Bonchev–Trinajstić information content (AvgIpc) is 3.24. The van der Waals surface area contributed by atoms with E-state index in [2.05, 4.69) is 15.4 Å². The van der Waals surface area contributed by atoms with Gasteiger partial charge < -0.3 is 19.1 Å². The number of aromatic nitrogens is 2. The molecule has 26 heavy (non-hydrogen) atoms. The molecule has 1 aliphatic heterocycles. The Labute approximate surface area is 147 Å². The van der Waals surface area contributed by atoms with Gasteiger partial charge in [0, 0.05) is 18.6 Å². The Kier molecular flexibility index (Phi) is 4.00. The van der Waals surface area contributed by atoms with Crippen molar-refractivity contribution in [3.63, 3.8) is 0 Å². The van der Waals surface area contributed by atoms with Crippen LogP contribution in [0.25, 0.3) is 11.5 Å². The van der Waals surface area contributed by atoms with Gasteiger partial charge in [-0.3, -0.25) is 0 Å². The van der Waals surface area contributed by atoms with Gasteiger partial charge in [-0.1, -0.05) is 17.3 Å². The Bertz CT molecular complexity index is 969. The Hall–Kier alpha value is -3.42. The molecule has 0 spiro atoms. The zero-order valence-corrected chi connectivity index (χ0v) is 13.7. The van der Waals surface area contributed by atoms with E-state index >= 15 is 0 Å². The molecule has 2 aromatic carbocycles. The number of benzene rings is 2. The average molecular weight is 355 g/mol. The first-order valence-corrected chi connectivity index (χ1v) is 7.87. The summed E-state index contributed by atoms with van der Waals surface area (Å²) in [4.78, 5) is 5.36. The molecule has 0 amide bonds. The fraction of sp³-hybridized carbons (Fsp3) is 0.167. The molecular formula is C18H14FN3O4. The van der Waals surface area contributed by atoms with E-state index in [1.807, 2.05) is 0 Å². The molecule has 2 heterocycles. The van der Waals surface area contributed by atoms with Crippen molar-refractivity contribution in [2.75, 3.05) is 0 Å². The molecule has 0 radical (unpaired) electrons. The minimum absolute atomic E-state index is 0.174. The first kappa shape index (κ1) is 16.1. The Morgan fingerprint density at radius 3 is 2.69 bits per heavy atom. The van der Waals surface area contributed by atoms with Gasteiger partial charge in [0.2, 0.25) is 17.7 Å². The van der Waals surface area contributed by atoms with E-state index in [1.165, 1.54) is 12.1 Å². The number of halogens is 1. The van der Waals surface area contributed by atoms with Crippen LogP contribution in [0.4, 0.5) is 4.39 Å². The van der Waals surface area contributed by atoms with Crippen LogP contribution in [0.5, 0.6) is 11.5 Å². The van der Waals surface area contributed by atoms with Crippen molar-refractivity contribution in [2.24, 2.45) is 5.16 Å². The molecule has 0 fully saturated rings. The van der Waals surface area contributed by atoms with Crippen LogP contribution < -0.4 is 4.74 Å². The summed E-state index contributed by atoms with van der Waals surface area (Å²) in [6.07, 6.45) is 0.0632. The van der Waals surface area contributed by atoms with Gasteiger partial charge in [0.25, 0.3) is 0 Å². The standard InChI is InChI=1S/C18H14FN3O4/c1-10-20-21-18(24-10)12-6-13(19)8-15(7-12)25-17-9-16(26-22-17)11-2-4-14(23)5-3-11/h2-8,16,23H,9H2,1H3/t16-/m0/s1. The second-order valence-electron chi connectivity index (χ2n) is 5.78. The summed E-state index contributed by atoms with van der Waals surface area (Å²) in [7, 11) is 0. The van der Waals surface area contributed by atoms with E-state index in [9.17, 15) is 9.50 Å². The molecule has 4 rings (SSSR count). The highest BCUT2D eigenvalue weighted by molar-refractivity contribution is 5.80. The highest BCUT2D eigenvalue weighted by Crippen LogP contribution is 2.30. The molecule has 1 atom stereocenters. The van der Waals surface area contributed by atoms with E-state index < -0.39 is 5.82 Å². The van der Waals surface area contributed by atoms with Crippen LogP contribution in [0, 0.1) is 12.7 Å². The lowest BCUT2D eigenvalue weighted by molar-refractivity contribution is 0.0855. The molecule has 0 bridgehead atoms. The highest BCUT2D eigenvalue weighted by atomic mass is 19.1. The number of oxime groups is 1. The lowest BCUT2D eigenvalue weighted by Crippen LogP contribution is -2.07. The molecule has 0 saturated heterocycles. The molecule has 0 saturated carbocycles. The summed E-state index contributed by atoms with van der Waals surface area (Å²) < 4.78 is 24.9. The topological polar surface area (TPSA) is 90.0 Å². The molecule has 0 aliphatic carbocycles. The summed E-state index contributed by atoms with van der Waals surface area (Å²) in [6, 6.07) is 10.8. The maximum Gasteiger partial charge on any atom is 0.247 e. The van der Waals surface area contributed by atoms with E-state index in [4.69, 9.17) is 14.0 Å². The van der Waals surface area contributed by atoms with Crippen molar-refractivity contribution in [2.45, 2.75) is 19.4 Å². The van der Waals surface area contributed by atoms with Crippen molar-refractivity contribution < 1.29 is 23.5 Å². The predicted molar refractivity (Wildman–Crippen MR) is 89.0 cm³/mol. The molecule has 8 heteroatoms. The van der Waals surface area contributed by atoms with Crippen molar-refractivity contribution in [1.82, 2.24) is 10.2 Å². The third kappa shape index (κ3) is 3.34. The van der Waals surface area contributed by atoms with Crippen LogP contribution in [-0.4, -0.2) is 21.2 Å². The molecule has 132 valence electrons.